The molecular weight excluding hydrogens is 362 g/mol. The van der Waals surface area contributed by atoms with Crippen LogP contribution in [0, 0.1) is 24.2 Å². The number of nitrogens with zero attached hydrogens (tertiary/aromatic N) is 2. The van der Waals surface area contributed by atoms with Gasteiger partial charge in [-0.2, -0.15) is 5.26 Å². The van der Waals surface area contributed by atoms with Gasteiger partial charge in [-0.15, -0.1) is 0 Å². The van der Waals surface area contributed by atoms with E-state index in [9.17, 15) is 10.1 Å². The van der Waals surface area contributed by atoms with Gasteiger partial charge in [0.05, 0.1) is 11.6 Å². The highest BCUT2D eigenvalue weighted by atomic mass is 16.5. The van der Waals surface area contributed by atoms with E-state index in [2.05, 4.69) is 28.4 Å². The van der Waals surface area contributed by atoms with Crippen molar-refractivity contribution in [2.75, 3.05) is 33.4 Å². The highest BCUT2D eigenvalue weighted by Crippen LogP contribution is 2.32. The van der Waals surface area contributed by atoms with Gasteiger partial charge in [0, 0.05) is 13.2 Å². The van der Waals surface area contributed by atoms with Crippen molar-refractivity contribution in [1.82, 2.24) is 10.2 Å². The molecule has 1 saturated heterocycles. The Balaban J connectivity index is 1.38. The zero-order chi connectivity index (χ0) is 20.6. The standard InChI is InChI=1S/C24H35N3O2/c1-18-4-3-5-22(23(18)16-25)20-11-14-27(15-12-20)13-10-19-6-8-21(9-7-19)26-24(28)17-29-2/h3-5,19-21H,6-15,17H2,1-2H3,(H,26,28). The van der Waals surface area contributed by atoms with E-state index in [4.69, 9.17) is 4.74 Å². The van der Waals surface area contributed by atoms with Crippen LogP contribution in [0.5, 0.6) is 0 Å². The summed E-state index contributed by atoms with van der Waals surface area (Å²) in [6.07, 6.45) is 8.16. The lowest BCUT2D eigenvalue weighted by Gasteiger charge is -2.35. The fraction of sp³-hybridized carbons (Fsp3) is 0.667. The number of rotatable bonds is 7. The Morgan fingerprint density at radius 1 is 1.21 bits per heavy atom. The molecule has 1 aromatic rings. The first-order valence-corrected chi connectivity index (χ1v) is 11.1. The van der Waals surface area contributed by atoms with Crippen molar-refractivity contribution in [2.45, 2.75) is 63.8 Å². The second kappa shape index (κ2) is 10.8. The first kappa shape index (κ1) is 21.8. The van der Waals surface area contributed by atoms with Gasteiger partial charge in [-0.25, -0.2) is 0 Å². The Labute approximate surface area is 175 Å². The maximum atomic E-state index is 11.7. The molecule has 1 heterocycles. The third-order valence-electron chi connectivity index (χ3n) is 6.79. The molecule has 158 valence electrons. The largest absolute Gasteiger partial charge is 0.375 e. The first-order chi connectivity index (χ1) is 14.1. The van der Waals surface area contributed by atoms with Crippen LogP contribution in [0.3, 0.4) is 0 Å². The van der Waals surface area contributed by atoms with Crippen molar-refractivity contribution in [1.29, 1.82) is 5.26 Å². The third kappa shape index (κ3) is 6.04. The van der Waals surface area contributed by atoms with E-state index >= 15 is 0 Å². The highest BCUT2D eigenvalue weighted by molar-refractivity contribution is 5.77. The van der Waals surface area contributed by atoms with Crippen molar-refractivity contribution in [3.05, 3.63) is 34.9 Å². The number of amides is 1. The topological polar surface area (TPSA) is 65.4 Å². The second-order valence-electron chi connectivity index (χ2n) is 8.77. The lowest BCUT2D eigenvalue weighted by atomic mass is 9.83. The van der Waals surface area contributed by atoms with Crippen molar-refractivity contribution in [3.63, 3.8) is 0 Å². The molecule has 0 unspecified atom stereocenters. The van der Waals surface area contributed by atoms with E-state index in [1.54, 1.807) is 7.11 Å². The SMILES string of the molecule is COCC(=O)NC1CCC(CCN2CCC(c3cccc(C)c3C#N)CC2)CC1. The normalized spacial score (nSPS) is 23.5. The monoisotopic (exact) mass is 397 g/mol. The minimum Gasteiger partial charge on any atom is -0.375 e. The first-order valence-electron chi connectivity index (χ1n) is 11.1. The summed E-state index contributed by atoms with van der Waals surface area (Å²) in [5.74, 6) is 1.31. The number of carbonyl (C=O) groups excluding carboxylic acids is 1. The number of nitriles is 1. The molecule has 0 aromatic heterocycles. The molecule has 1 aliphatic carbocycles. The zero-order valence-corrected chi connectivity index (χ0v) is 18.0. The average molecular weight is 398 g/mol. The van der Waals surface area contributed by atoms with Crippen LogP contribution < -0.4 is 5.32 Å². The third-order valence-corrected chi connectivity index (χ3v) is 6.79. The number of likely N-dealkylation sites (tertiary alicyclic amines) is 1. The predicted octanol–water partition coefficient (Wildman–Crippen LogP) is 3.76. The molecule has 0 bridgehead atoms. The van der Waals surface area contributed by atoms with Crippen molar-refractivity contribution in [2.24, 2.45) is 5.92 Å². The van der Waals surface area contributed by atoms with Crippen LogP contribution in [0.1, 0.15) is 67.6 Å². The van der Waals surface area contributed by atoms with Crippen LogP contribution >= 0.6 is 0 Å². The second-order valence-corrected chi connectivity index (χ2v) is 8.77. The van der Waals surface area contributed by atoms with Crippen LogP contribution in [0.4, 0.5) is 0 Å². The quantitative estimate of drug-likeness (QED) is 0.761. The average Bonchev–Trinajstić information content (AvgIpc) is 2.73. The summed E-state index contributed by atoms with van der Waals surface area (Å²) < 4.78 is 4.89. The summed E-state index contributed by atoms with van der Waals surface area (Å²) in [6.45, 7) is 5.64. The summed E-state index contributed by atoms with van der Waals surface area (Å²) in [7, 11) is 1.56. The van der Waals surface area contributed by atoms with E-state index < -0.39 is 0 Å². The molecule has 5 nitrogen and oxygen atoms in total. The van der Waals surface area contributed by atoms with E-state index in [0.29, 0.717) is 12.0 Å². The van der Waals surface area contributed by atoms with Crippen LogP contribution in [0.15, 0.2) is 18.2 Å². The summed E-state index contributed by atoms with van der Waals surface area (Å²) in [4.78, 5) is 14.3. The Morgan fingerprint density at radius 2 is 1.93 bits per heavy atom. The molecule has 1 N–H and O–H groups in total. The van der Waals surface area contributed by atoms with Crippen LogP contribution in [0.25, 0.3) is 0 Å². The number of nitrogens with one attached hydrogen (secondary N) is 1. The molecule has 5 heteroatoms. The summed E-state index contributed by atoms with van der Waals surface area (Å²) in [6, 6.07) is 9.02. The van der Waals surface area contributed by atoms with Crippen LogP contribution in [-0.2, 0) is 9.53 Å². The van der Waals surface area contributed by atoms with Gasteiger partial charge in [-0.05, 0) is 94.5 Å². The van der Waals surface area contributed by atoms with Gasteiger partial charge >= 0.3 is 0 Å². The molecule has 29 heavy (non-hydrogen) atoms. The molecule has 2 fully saturated rings. The van der Waals surface area contributed by atoms with E-state index in [1.807, 2.05) is 13.0 Å². The highest BCUT2D eigenvalue weighted by Gasteiger charge is 2.25. The number of aryl methyl sites for hydroxylation is 1. The van der Waals surface area contributed by atoms with Gasteiger partial charge in [-0.1, -0.05) is 18.2 Å². The Morgan fingerprint density at radius 3 is 2.59 bits per heavy atom. The molecule has 1 aliphatic heterocycles. The van der Waals surface area contributed by atoms with Crippen molar-refractivity contribution in [3.8, 4) is 6.07 Å². The van der Waals surface area contributed by atoms with Gasteiger partial charge in [0.25, 0.3) is 0 Å². The van der Waals surface area contributed by atoms with Gasteiger partial charge in [0.1, 0.15) is 6.61 Å². The van der Waals surface area contributed by atoms with E-state index in [-0.39, 0.29) is 12.5 Å². The molecule has 1 aromatic carbocycles. The fourth-order valence-electron chi connectivity index (χ4n) is 5.01. The molecule has 3 rings (SSSR count). The lowest BCUT2D eigenvalue weighted by Crippen LogP contribution is -2.40. The minimum atomic E-state index is 0.00647. The fourth-order valence-corrected chi connectivity index (χ4v) is 5.01. The number of carbonyl (C=O) groups is 1. The number of methoxy groups -OCH3 is 1. The number of piperidine rings is 1. The molecule has 2 aliphatic rings. The van der Waals surface area contributed by atoms with Gasteiger partial charge < -0.3 is 15.0 Å². The number of hydrogen-bond donors (Lipinski definition) is 1. The van der Waals surface area contributed by atoms with E-state index in [0.717, 1.165) is 55.8 Å². The van der Waals surface area contributed by atoms with Crippen LogP contribution in [-0.4, -0.2) is 50.2 Å². The number of benzene rings is 1. The van der Waals surface area contributed by atoms with Crippen molar-refractivity contribution < 1.29 is 9.53 Å². The van der Waals surface area contributed by atoms with Gasteiger partial charge in [-0.3, -0.25) is 4.79 Å². The predicted molar refractivity (Wildman–Crippen MR) is 115 cm³/mol. The Bertz CT molecular complexity index is 711. The number of ether oxygens (including phenoxy) is 1. The zero-order valence-electron chi connectivity index (χ0n) is 18.0. The summed E-state index contributed by atoms with van der Waals surface area (Å²) in [5.41, 5.74) is 3.24. The lowest BCUT2D eigenvalue weighted by molar-refractivity contribution is -0.125. The summed E-state index contributed by atoms with van der Waals surface area (Å²) in [5, 5.41) is 12.6. The molecule has 1 amide bonds. The molecular formula is C24H35N3O2. The van der Waals surface area contributed by atoms with Crippen molar-refractivity contribution >= 4 is 5.91 Å². The summed E-state index contributed by atoms with van der Waals surface area (Å²) >= 11 is 0. The maximum absolute atomic E-state index is 11.7. The molecule has 0 spiro atoms. The molecule has 1 saturated carbocycles. The van der Waals surface area contributed by atoms with Crippen LogP contribution in [0.2, 0.25) is 0 Å². The van der Waals surface area contributed by atoms with Gasteiger partial charge in [0.2, 0.25) is 5.91 Å². The molecule has 0 atom stereocenters. The Hall–Kier alpha value is -1.90. The maximum Gasteiger partial charge on any atom is 0.246 e. The minimum absolute atomic E-state index is 0.00647. The Kier molecular flexibility index (Phi) is 8.09. The smallest absolute Gasteiger partial charge is 0.246 e. The van der Waals surface area contributed by atoms with Gasteiger partial charge in [0.15, 0.2) is 0 Å². The molecule has 0 radical (unpaired) electrons. The number of hydrogen-bond acceptors (Lipinski definition) is 4. The van der Waals surface area contributed by atoms with E-state index in [1.165, 1.54) is 31.4 Å².